The Kier molecular flexibility index (Phi) is 9.71. The summed E-state index contributed by atoms with van der Waals surface area (Å²) in [4.78, 5) is 43.5. The normalized spacial score (nSPS) is 15.4. The number of hydrogen-bond acceptors (Lipinski definition) is 6. The van der Waals surface area contributed by atoms with Gasteiger partial charge in [-0.1, -0.05) is 20.4 Å². The highest BCUT2D eigenvalue weighted by Crippen LogP contribution is 2.38. The first-order valence-electron chi connectivity index (χ1n) is 14.1. The molecule has 0 saturated carbocycles. The van der Waals surface area contributed by atoms with Crippen molar-refractivity contribution in [2.45, 2.75) is 39.7 Å². The molecule has 2 amide bonds. The number of anilines is 2. The summed E-state index contributed by atoms with van der Waals surface area (Å²) in [5, 5.41) is 0. The molecule has 1 unspecified atom stereocenters. The van der Waals surface area contributed by atoms with Crippen LogP contribution in [-0.2, 0) is 9.59 Å². The largest absolute Gasteiger partial charge is 0.494 e. The van der Waals surface area contributed by atoms with Crippen LogP contribution >= 0.6 is 0 Å². The summed E-state index contributed by atoms with van der Waals surface area (Å²) in [6, 6.07) is 4.23. The van der Waals surface area contributed by atoms with Gasteiger partial charge in [-0.3, -0.25) is 24.5 Å². The van der Waals surface area contributed by atoms with E-state index in [1.165, 1.54) is 25.1 Å². The molecule has 44 heavy (non-hydrogen) atoms. The Hall–Kier alpha value is -4.74. The zero-order valence-electron chi connectivity index (χ0n) is 25.6. The van der Waals surface area contributed by atoms with Gasteiger partial charge in [0.2, 0.25) is 12.3 Å². The number of aliphatic imine (C=N–C) groups is 1. The standard InChI is InChI=1S/C32H35F3N6O3/c1-8-27(43)39-11-12-40(20(5)16-39)31(36-6)22-13-25(35)29(21-14-26(44-7)24(34)15-23(21)33)38-32(22)41(17-42)30-19(4)9-10-37-28(30)18(2)3/h8-10,13-15,17-18,20H,1,11-12,16H2,2-7H3/b36-31+. The molecule has 0 bridgehead atoms. The molecule has 0 N–H and O–H groups in total. The van der Waals surface area contributed by atoms with Crippen LogP contribution in [0.1, 0.15) is 43.5 Å². The molecule has 0 aliphatic carbocycles. The minimum atomic E-state index is -1.06. The summed E-state index contributed by atoms with van der Waals surface area (Å²) in [6.07, 6.45) is 3.43. The number of benzene rings is 1. The fraction of sp³-hybridized carbons (Fsp3) is 0.344. The van der Waals surface area contributed by atoms with Crippen molar-refractivity contribution in [3.63, 3.8) is 0 Å². The smallest absolute Gasteiger partial charge is 0.246 e. The number of aryl methyl sites for hydroxylation is 1. The predicted molar refractivity (Wildman–Crippen MR) is 163 cm³/mol. The molecule has 4 rings (SSSR count). The van der Waals surface area contributed by atoms with E-state index in [0.717, 1.165) is 12.1 Å². The van der Waals surface area contributed by atoms with Crippen molar-refractivity contribution in [1.29, 1.82) is 0 Å². The minimum absolute atomic E-state index is 0.0329. The number of carbonyl (C=O) groups is 2. The summed E-state index contributed by atoms with van der Waals surface area (Å²) < 4.78 is 50.4. The SMILES string of the molecule is C=CC(=O)N1CCN(/C(=N/C)c2cc(F)c(-c3cc(OC)c(F)cc3F)nc2N(C=O)c2c(C)ccnc2C(C)C)C(C)C1. The Balaban J connectivity index is 1.99. The van der Waals surface area contributed by atoms with Crippen LogP contribution in [0.25, 0.3) is 11.3 Å². The molecule has 1 fully saturated rings. The summed E-state index contributed by atoms with van der Waals surface area (Å²) >= 11 is 0. The summed E-state index contributed by atoms with van der Waals surface area (Å²) in [6.45, 7) is 12.2. The molecule has 1 saturated heterocycles. The number of hydrogen-bond donors (Lipinski definition) is 0. The maximum Gasteiger partial charge on any atom is 0.246 e. The lowest BCUT2D eigenvalue weighted by Gasteiger charge is -2.41. The molecule has 3 heterocycles. The van der Waals surface area contributed by atoms with E-state index in [0.29, 0.717) is 54.9 Å². The van der Waals surface area contributed by atoms with Gasteiger partial charge in [0, 0.05) is 50.6 Å². The van der Waals surface area contributed by atoms with Crippen LogP contribution in [0, 0.1) is 24.4 Å². The predicted octanol–water partition coefficient (Wildman–Crippen LogP) is 5.39. The van der Waals surface area contributed by atoms with Crippen LogP contribution in [0.4, 0.5) is 24.7 Å². The molecule has 12 heteroatoms. The Morgan fingerprint density at radius 1 is 1.18 bits per heavy atom. The average molecular weight is 609 g/mol. The van der Waals surface area contributed by atoms with Gasteiger partial charge in [-0.05, 0) is 49.6 Å². The number of pyridine rings is 2. The summed E-state index contributed by atoms with van der Waals surface area (Å²) in [5.41, 5.74) is 1.07. The van der Waals surface area contributed by atoms with Crippen LogP contribution in [-0.4, -0.2) is 77.8 Å². The Bertz CT molecular complexity index is 1630. The second kappa shape index (κ2) is 13.3. The van der Waals surface area contributed by atoms with E-state index in [-0.39, 0.29) is 40.6 Å². The minimum Gasteiger partial charge on any atom is -0.494 e. The number of rotatable bonds is 8. The zero-order valence-corrected chi connectivity index (χ0v) is 25.6. The van der Waals surface area contributed by atoms with Gasteiger partial charge in [0.05, 0.1) is 24.1 Å². The van der Waals surface area contributed by atoms with Crippen molar-refractivity contribution in [2.75, 3.05) is 38.7 Å². The Morgan fingerprint density at radius 3 is 2.50 bits per heavy atom. The van der Waals surface area contributed by atoms with Gasteiger partial charge in [-0.25, -0.2) is 18.2 Å². The highest BCUT2D eigenvalue weighted by molar-refractivity contribution is 6.07. The van der Waals surface area contributed by atoms with E-state index in [1.807, 2.05) is 25.7 Å². The highest BCUT2D eigenvalue weighted by atomic mass is 19.1. The maximum atomic E-state index is 16.0. The number of amides is 2. The van der Waals surface area contributed by atoms with Crippen molar-refractivity contribution in [2.24, 2.45) is 4.99 Å². The molecule has 232 valence electrons. The molecular weight excluding hydrogens is 573 g/mol. The number of nitrogens with zero attached hydrogens (tertiary/aromatic N) is 6. The number of ether oxygens (including phenoxy) is 1. The molecule has 0 spiro atoms. The summed E-state index contributed by atoms with van der Waals surface area (Å²) in [5.74, 6) is -3.29. The van der Waals surface area contributed by atoms with Crippen LogP contribution in [0.3, 0.4) is 0 Å². The Morgan fingerprint density at radius 2 is 1.91 bits per heavy atom. The van der Waals surface area contributed by atoms with Gasteiger partial charge in [-0.2, -0.15) is 0 Å². The molecule has 1 aliphatic heterocycles. The van der Waals surface area contributed by atoms with Crippen LogP contribution in [0.15, 0.2) is 48.1 Å². The van der Waals surface area contributed by atoms with Crippen LogP contribution in [0.5, 0.6) is 5.75 Å². The lowest BCUT2D eigenvalue weighted by atomic mass is 10.0. The third-order valence-electron chi connectivity index (χ3n) is 7.57. The van der Waals surface area contributed by atoms with Gasteiger partial charge < -0.3 is 14.5 Å². The van der Waals surface area contributed by atoms with Crippen molar-refractivity contribution < 1.29 is 27.5 Å². The van der Waals surface area contributed by atoms with Crippen LogP contribution < -0.4 is 9.64 Å². The van der Waals surface area contributed by atoms with Crippen molar-refractivity contribution in [3.05, 3.63) is 77.4 Å². The lowest BCUT2D eigenvalue weighted by Crippen LogP contribution is -2.55. The van der Waals surface area contributed by atoms with E-state index < -0.39 is 23.1 Å². The topological polar surface area (TPSA) is 91.2 Å². The van der Waals surface area contributed by atoms with Gasteiger partial charge in [0.25, 0.3) is 0 Å². The Labute approximate surface area is 254 Å². The first-order valence-corrected chi connectivity index (χ1v) is 14.1. The van der Waals surface area contributed by atoms with Gasteiger partial charge >= 0.3 is 0 Å². The number of carbonyl (C=O) groups excluding carboxylic acids is 2. The second-order valence-corrected chi connectivity index (χ2v) is 10.7. The van der Waals surface area contributed by atoms with Crippen LogP contribution in [0.2, 0.25) is 0 Å². The third kappa shape index (κ3) is 6.01. The molecule has 0 radical (unpaired) electrons. The number of piperazine rings is 1. The maximum absolute atomic E-state index is 16.0. The lowest BCUT2D eigenvalue weighted by molar-refractivity contribution is -0.128. The monoisotopic (exact) mass is 608 g/mol. The molecular formula is C32H35F3N6O3. The van der Waals surface area contributed by atoms with Crippen molar-refractivity contribution >= 4 is 29.7 Å². The van der Waals surface area contributed by atoms with E-state index in [9.17, 15) is 14.0 Å². The quantitative estimate of drug-likeness (QED) is 0.147. The molecule has 1 aromatic carbocycles. The van der Waals surface area contributed by atoms with E-state index in [2.05, 4.69) is 21.5 Å². The van der Waals surface area contributed by atoms with E-state index in [1.54, 1.807) is 24.1 Å². The fourth-order valence-electron chi connectivity index (χ4n) is 5.40. The molecule has 9 nitrogen and oxygen atoms in total. The number of aromatic nitrogens is 2. The molecule has 1 aliphatic rings. The number of halogens is 3. The molecule has 2 aromatic heterocycles. The van der Waals surface area contributed by atoms with Crippen molar-refractivity contribution in [1.82, 2.24) is 19.8 Å². The van der Waals surface area contributed by atoms with E-state index in [4.69, 9.17) is 4.74 Å². The number of methoxy groups -OCH3 is 1. The van der Waals surface area contributed by atoms with Gasteiger partial charge in [-0.15, -0.1) is 0 Å². The van der Waals surface area contributed by atoms with Crippen molar-refractivity contribution in [3.8, 4) is 17.0 Å². The molecule has 1 atom stereocenters. The fourth-order valence-corrected chi connectivity index (χ4v) is 5.40. The summed E-state index contributed by atoms with van der Waals surface area (Å²) in [7, 11) is 2.74. The van der Waals surface area contributed by atoms with Gasteiger partial charge in [0.15, 0.2) is 17.4 Å². The average Bonchev–Trinajstić information content (AvgIpc) is 3.00. The number of amidine groups is 1. The third-order valence-corrected chi connectivity index (χ3v) is 7.57. The molecule has 3 aromatic rings. The first-order chi connectivity index (χ1) is 21.0. The first kappa shape index (κ1) is 32.2. The van der Waals surface area contributed by atoms with E-state index >= 15 is 8.78 Å². The second-order valence-electron chi connectivity index (χ2n) is 10.7. The zero-order chi connectivity index (χ0) is 32.3. The highest BCUT2D eigenvalue weighted by Gasteiger charge is 2.33. The van der Waals surface area contributed by atoms with Gasteiger partial charge in [0.1, 0.15) is 23.2 Å².